The molecule has 0 bridgehead atoms. The first kappa shape index (κ1) is 22.9. The molecule has 0 saturated carbocycles. The number of aliphatic hydroxyl groups is 5. The number of rotatable bonds is 5. The number of esters is 2. The van der Waals surface area contributed by atoms with Crippen molar-refractivity contribution in [3.63, 3.8) is 0 Å². The second-order valence-corrected chi connectivity index (χ2v) is 6.68. The molecule has 0 aromatic carbocycles. The van der Waals surface area contributed by atoms with Gasteiger partial charge in [0.15, 0.2) is 24.8 Å². The molecule has 2 aliphatic rings. The van der Waals surface area contributed by atoms with E-state index in [1.54, 1.807) is 0 Å². The average molecular weight is 410 g/mol. The Labute approximate surface area is 160 Å². The molecule has 12 heteroatoms. The van der Waals surface area contributed by atoms with E-state index in [4.69, 9.17) is 23.7 Å². The van der Waals surface area contributed by atoms with Crippen LogP contribution >= 0.6 is 0 Å². The standard InChI is InChI=1S/C16H26O12/c1-5-12(25-6(2)18)14(26-7(3)19)11(22)16(24-5)28-13-9(20)8(4-17)27-15(23)10(13)21/h5,8-17,20-23H,4H2,1-3H3/t5-,8+,9+,10+,11+,12-,13-,14-,15+,16-/m0/s1. The number of hydrogen-bond donors (Lipinski definition) is 5. The number of aliphatic hydroxyl groups excluding tert-OH is 5. The van der Waals surface area contributed by atoms with Gasteiger partial charge in [0.2, 0.25) is 0 Å². The summed E-state index contributed by atoms with van der Waals surface area (Å²) in [7, 11) is 0. The lowest BCUT2D eigenvalue weighted by atomic mass is 9.97. The molecule has 2 fully saturated rings. The topological polar surface area (TPSA) is 181 Å². The van der Waals surface area contributed by atoms with Gasteiger partial charge in [-0.1, -0.05) is 0 Å². The van der Waals surface area contributed by atoms with Gasteiger partial charge in [0.05, 0.1) is 12.7 Å². The molecule has 12 nitrogen and oxygen atoms in total. The Morgan fingerprint density at radius 1 is 0.857 bits per heavy atom. The molecule has 0 unspecified atom stereocenters. The van der Waals surface area contributed by atoms with Crippen molar-refractivity contribution in [2.45, 2.75) is 82.2 Å². The largest absolute Gasteiger partial charge is 0.456 e. The predicted molar refractivity (Wildman–Crippen MR) is 86.3 cm³/mol. The van der Waals surface area contributed by atoms with Crippen LogP contribution in [0.4, 0.5) is 0 Å². The van der Waals surface area contributed by atoms with Gasteiger partial charge in [-0.25, -0.2) is 0 Å². The van der Waals surface area contributed by atoms with Gasteiger partial charge in [0.25, 0.3) is 0 Å². The van der Waals surface area contributed by atoms with Crippen LogP contribution in [-0.4, -0.2) is 105 Å². The van der Waals surface area contributed by atoms with Gasteiger partial charge in [-0.05, 0) is 6.92 Å². The minimum Gasteiger partial charge on any atom is -0.456 e. The molecule has 2 aliphatic heterocycles. The summed E-state index contributed by atoms with van der Waals surface area (Å²) >= 11 is 0. The quantitative estimate of drug-likeness (QED) is 0.286. The van der Waals surface area contributed by atoms with E-state index < -0.39 is 80.0 Å². The lowest BCUT2D eigenvalue weighted by Gasteiger charge is -2.46. The van der Waals surface area contributed by atoms with Gasteiger partial charge in [0.1, 0.15) is 30.5 Å². The molecular formula is C16H26O12. The van der Waals surface area contributed by atoms with Crippen molar-refractivity contribution in [2.75, 3.05) is 6.61 Å². The van der Waals surface area contributed by atoms with E-state index in [0.29, 0.717) is 0 Å². The predicted octanol–water partition coefficient (Wildman–Crippen LogP) is -3.23. The number of carbonyl (C=O) groups is 2. The number of ether oxygens (including phenoxy) is 5. The van der Waals surface area contributed by atoms with E-state index in [2.05, 4.69) is 0 Å². The molecule has 2 saturated heterocycles. The fourth-order valence-corrected chi connectivity index (χ4v) is 3.16. The Kier molecular flexibility index (Phi) is 7.70. The molecule has 0 amide bonds. The highest BCUT2D eigenvalue weighted by Gasteiger charge is 2.52. The SMILES string of the molecule is CC(=O)O[C@@H]1[C@@H](OC(C)=O)[C@@H](O)[C@H](O[C@@H]2[C@@H](O)[C@H](O)O[C@H](CO)[C@H]2O)O[C@H]1C. The van der Waals surface area contributed by atoms with E-state index in [1.165, 1.54) is 6.92 Å². The highest BCUT2D eigenvalue weighted by Crippen LogP contribution is 2.30. The number of hydrogen-bond acceptors (Lipinski definition) is 12. The van der Waals surface area contributed by atoms with Gasteiger partial charge in [-0.3, -0.25) is 9.59 Å². The maximum absolute atomic E-state index is 11.4. The smallest absolute Gasteiger partial charge is 0.303 e. The fourth-order valence-electron chi connectivity index (χ4n) is 3.16. The summed E-state index contributed by atoms with van der Waals surface area (Å²) in [6, 6.07) is 0. The summed E-state index contributed by atoms with van der Waals surface area (Å²) in [4.78, 5) is 22.7. The van der Waals surface area contributed by atoms with Crippen molar-refractivity contribution < 1.29 is 58.8 Å². The van der Waals surface area contributed by atoms with Gasteiger partial charge in [0, 0.05) is 13.8 Å². The van der Waals surface area contributed by atoms with Crippen LogP contribution in [-0.2, 0) is 33.3 Å². The van der Waals surface area contributed by atoms with Gasteiger partial charge in [-0.15, -0.1) is 0 Å². The molecule has 2 heterocycles. The van der Waals surface area contributed by atoms with Crippen molar-refractivity contribution in [1.29, 1.82) is 0 Å². The Balaban J connectivity index is 2.20. The molecule has 2 rings (SSSR count). The highest BCUT2D eigenvalue weighted by atomic mass is 16.7. The lowest BCUT2D eigenvalue weighted by Crippen LogP contribution is -2.64. The van der Waals surface area contributed by atoms with Crippen LogP contribution in [0.1, 0.15) is 20.8 Å². The molecule has 0 aliphatic carbocycles. The van der Waals surface area contributed by atoms with Crippen LogP contribution in [0.3, 0.4) is 0 Å². The maximum Gasteiger partial charge on any atom is 0.303 e. The summed E-state index contributed by atoms with van der Waals surface area (Å²) < 4.78 is 25.9. The van der Waals surface area contributed by atoms with E-state index in [9.17, 15) is 35.1 Å². The zero-order valence-electron chi connectivity index (χ0n) is 15.6. The molecule has 0 aromatic heterocycles. The monoisotopic (exact) mass is 410 g/mol. The van der Waals surface area contributed by atoms with Crippen molar-refractivity contribution in [1.82, 2.24) is 0 Å². The van der Waals surface area contributed by atoms with E-state index >= 15 is 0 Å². The first-order chi connectivity index (χ1) is 13.1. The Bertz CT molecular complexity index is 556. The van der Waals surface area contributed by atoms with Crippen LogP contribution in [0, 0.1) is 0 Å². The summed E-state index contributed by atoms with van der Waals surface area (Å²) in [6.07, 6.45) is -14.3. The minimum atomic E-state index is -1.76. The van der Waals surface area contributed by atoms with E-state index in [-0.39, 0.29) is 0 Å². The molecule has 0 aromatic rings. The first-order valence-corrected chi connectivity index (χ1v) is 8.70. The Hall–Kier alpha value is -1.38. The third-order valence-electron chi connectivity index (χ3n) is 4.49. The molecule has 28 heavy (non-hydrogen) atoms. The highest BCUT2D eigenvalue weighted by molar-refractivity contribution is 5.67. The molecule has 0 radical (unpaired) electrons. The summed E-state index contributed by atoms with van der Waals surface area (Å²) in [5.41, 5.74) is 0. The van der Waals surface area contributed by atoms with Gasteiger partial charge < -0.3 is 49.2 Å². The molecule has 162 valence electrons. The first-order valence-electron chi connectivity index (χ1n) is 8.70. The lowest BCUT2D eigenvalue weighted by molar-refractivity contribution is -0.353. The van der Waals surface area contributed by atoms with Crippen LogP contribution in [0.2, 0.25) is 0 Å². The second-order valence-electron chi connectivity index (χ2n) is 6.68. The molecule has 10 atom stereocenters. The normalized spacial score (nSPS) is 44.0. The van der Waals surface area contributed by atoms with E-state index in [0.717, 1.165) is 13.8 Å². The third-order valence-corrected chi connectivity index (χ3v) is 4.49. The maximum atomic E-state index is 11.4. The number of carbonyl (C=O) groups excluding carboxylic acids is 2. The van der Waals surface area contributed by atoms with Crippen LogP contribution in [0.25, 0.3) is 0 Å². The second kappa shape index (κ2) is 9.41. The summed E-state index contributed by atoms with van der Waals surface area (Å²) in [5.74, 6) is -1.44. The van der Waals surface area contributed by atoms with Crippen molar-refractivity contribution in [3.05, 3.63) is 0 Å². The average Bonchev–Trinajstić information content (AvgIpc) is 2.61. The van der Waals surface area contributed by atoms with Crippen LogP contribution < -0.4 is 0 Å². The van der Waals surface area contributed by atoms with Gasteiger partial charge >= 0.3 is 11.9 Å². The van der Waals surface area contributed by atoms with Crippen LogP contribution in [0.5, 0.6) is 0 Å². The summed E-state index contributed by atoms with van der Waals surface area (Å²) in [6.45, 7) is 3.05. The van der Waals surface area contributed by atoms with E-state index in [1.807, 2.05) is 0 Å². The summed E-state index contributed by atoms with van der Waals surface area (Å²) in [5, 5.41) is 49.8. The molecule has 0 spiro atoms. The van der Waals surface area contributed by atoms with Crippen molar-refractivity contribution in [3.8, 4) is 0 Å². The molecule has 5 N–H and O–H groups in total. The third kappa shape index (κ3) is 4.96. The van der Waals surface area contributed by atoms with Crippen molar-refractivity contribution >= 4 is 11.9 Å². The van der Waals surface area contributed by atoms with Crippen molar-refractivity contribution in [2.24, 2.45) is 0 Å². The molecular weight excluding hydrogens is 384 g/mol. The zero-order valence-corrected chi connectivity index (χ0v) is 15.6. The Morgan fingerprint density at radius 2 is 1.43 bits per heavy atom. The fraction of sp³-hybridized carbons (Fsp3) is 0.875. The minimum absolute atomic E-state index is 0.667. The zero-order chi connectivity index (χ0) is 21.2. The van der Waals surface area contributed by atoms with Crippen LogP contribution in [0.15, 0.2) is 0 Å². The Morgan fingerprint density at radius 3 is 1.96 bits per heavy atom. The van der Waals surface area contributed by atoms with Gasteiger partial charge in [-0.2, -0.15) is 0 Å².